The molecule has 4 N–H and O–H groups in total. The molecule has 0 aromatic carbocycles. The van der Waals surface area contributed by atoms with Gasteiger partial charge in [0.05, 0.1) is 6.10 Å². The summed E-state index contributed by atoms with van der Waals surface area (Å²) in [5.41, 5.74) is 0. The summed E-state index contributed by atoms with van der Waals surface area (Å²) >= 11 is 0. The Morgan fingerprint density at radius 3 is 1.79 bits per heavy atom. The standard InChI is InChI=1S/C6H12O11S2/c1-2-4(16-18(9,10)11)5(17-19(12,13)14)3(7)6(8)15-2/h2-8H,1H3,(H,9,10,11)(H,12,13,14)/t2-,3-,4+,5-,6?/m0/s1. The lowest BCUT2D eigenvalue weighted by Crippen LogP contribution is -2.59. The average Bonchev–Trinajstić information content (AvgIpc) is 2.17. The lowest BCUT2D eigenvalue weighted by molar-refractivity contribution is -0.268. The van der Waals surface area contributed by atoms with Crippen LogP contribution in [0.25, 0.3) is 0 Å². The lowest BCUT2D eigenvalue weighted by atomic mass is 10.0. The van der Waals surface area contributed by atoms with Crippen molar-refractivity contribution < 1.29 is 49.3 Å². The van der Waals surface area contributed by atoms with Crippen molar-refractivity contribution in [2.24, 2.45) is 0 Å². The predicted molar refractivity (Wildman–Crippen MR) is 55.4 cm³/mol. The first kappa shape index (κ1) is 16.7. The summed E-state index contributed by atoms with van der Waals surface area (Å²) in [6.07, 6.45) is -9.02. The van der Waals surface area contributed by atoms with E-state index in [0.29, 0.717) is 0 Å². The van der Waals surface area contributed by atoms with Crippen LogP contribution in [-0.2, 0) is 33.9 Å². The van der Waals surface area contributed by atoms with Gasteiger partial charge in [-0.25, -0.2) is 8.37 Å². The largest absolute Gasteiger partial charge is 0.397 e. The summed E-state index contributed by atoms with van der Waals surface area (Å²) in [5, 5.41) is 18.7. The van der Waals surface area contributed by atoms with Gasteiger partial charge in [-0.1, -0.05) is 0 Å². The number of aliphatic hydroxyl groups is 2. The molecule has 19 heavy (non-hydrogen) atoms. The van der Waals surface area contributed by atoms with E-state index in [2.05, 4.69) is 13.1 Å². The molecule has 1 fully saturated rings. The SMILES string of the molecule is C[C@@H]1OC(O)[C@@H](O)[C@H](OS(=O)(=O)O)[C@@H]1OS(=O)(=O)O. The van der Waals surface area contributed by atoms with Crippen molar-refractivity contribution in [1.82, 2.24) is 0 Å². The second-order valence-electron chi connectivity index (χ2n) is 3.70. The molecule has 0 amide bonds. The van der Waals surface area contributed by atoms with Crippen LogP contribution in [0.2, 0.25) is 0 Å². The number of ether oxygens (including phenoxy) is 1. The monoisotopic (exact) mass is 324 g/mol. The number of aliphatic hydroxyl groups excluding tert-OH is 2. The molecule has 0 aromatic heterocycles. The minimum atomic E-state index is -5.08. The van der Waals surface area contributed by atoms with Crippen LogP contribution >= 0.6 is 0 Å². The number of rotatable bonds is 4. The van der Waals surface area contributed by atoms with Crippen LogP contribution < -0.4 is 0 Å². The van der Waals surface area contributed by atoms with Crippen molar-refractivity contribution in [3.63, 3.8) is 0 Å². The lowest BCUT2D eigenvalue weighted by Gasteiger charge is -2.39. The van der Waals surface area contributed by atoms with Gasteiger partial charge in [-0.2, -0.15) is 16.8 Å². The normalized spacial score (nSPS) is 37.2. The second-order valence-corrected chi connectivity index (χ2v) is 5.80. The van der Waals surface area contributed by atoms with Gasteiger partial charge in [0.25, 0.3) is 0 Å². The minimum Gasteiger partial charge on any atom is -0.385 e. The van der Waals surface area contributed by atoms with E-state index in [1.54, 1.807) is 0 Å². The molecular weight excluding hydrogens is 312 g/mol. The van der Waals surface area contributed by atoms with E-state index < -0.39 is 51.5 Å². The molecule has 0 aromatic rings. The van der Waals surface area contributed by atoms with Crippen molar-refractivity contribution in [2.75, 3.05) is 0 Å². The molecular formula is C6H12O11S2. The van der Waals surface area contributed by atoms with Gasteiger partial charge in [0.1, 0.15) is 18.3 Å². The van der Waals surface area contributed by atoms with E-state index in [0.717, 1.165) is 6.92 Å². The topological polar surface area (TPSA) is 177 Å². The van der Waals surface area contributed by atoms with E-state index in [4.69, 9.17) is 9.11 Å². The Bertz CT molecular complexity index is 509. The van der Waals surface area contributed by atoms with Crippen molar-refractivity contribution >= 4 is 20.8 Å². The van der Waals surface area contributed by atoms with Gasteiger partial charge in [0, 0.05) is 0 Å². The molecule has 13 heteroatoms. The van der Waals surface area contributed by atoms with Crippen LogP contribution in [0, 0.1) is 0 Å². The molecule has 5 atom stereocenters. The molecule has 0 bridgehead atoms. The Labute approximate surface area is 108 Å². The summed E-state index contributed by atoms with van der Waals surface area (Å²) in [5.74, 6) is 0. The van der Waals surface area contributed by atoms with Crippen molar-refractivity contribution in [1.29, 1.82) is 0 Å². The van der Waals surface area contributed by atoms with E-state index in [-0.39, 0.29) is 0 Å². The summed E-state index contributed by atoms with van der Waals surface area (Å²) in [6, 6.07) is 0. The maximum Gasteiger partial charge on any atom is 0.397 e. The highest BCUT2D eigenvalue weighted by Crippen LogP contribution is 2.26. The maximum absolute atomic E-state index is 10.6. The third-order valence-electron chi connectivity index (χ3n) is 2.23. The second kappa shape index (κ2) is 5.55. The van der Waals surface area contributed by atoms with Gasteiger partial charge in [-0.3, -0.25) is 9.11 Å². The first-order valence-corrected chi connectivity index (χ1v) is 7.47. The zero-order chi connectivity index (χ0) is 15.0. The van der Waals surface area contributed by atoms with Gasteiger partial charge in [-0.05, 0) is 6.92 Å². The fourth-order valence-corrected chi connectivity index (χ4v) is 2.58. The highest BCUT2D eigenvalue weighted by atomic mass is 32.3. The molecule has 1 saturated heterocycles. The van der Waals surface area contributed by atoms with Crippen LogP contribution in [0.5, 0.6) is 0 Å². The Morgan fingerprint density at radius 2 is 1.37 bits per heavy atom. The van der Waals surface area contributed by atoms with Gasteiger partial charge in [0.2, 0.25) is 0 Å². The van der Waals surface area contributed by atoms with E-state index >= 15 is 0 Å². The van der Waals surface area contributed by atoms with E-state index in [1.165, 1.54) is 0 Å². The Hall–Kier alpha value is -0.380. The molecule has 11 nitrogen and oxygen atoms in total. The Balaban J connectivity index is 3.06. The molecule has 1 aliphatic rings. The van der Waals surface area contributed by atoms with Crippen LogP contribution in [0.4, 0.5) is 0 Å². The van der Waals surface area contributed by atoms with E-state index in [1.807, 2.05) is 0 Å². The first-order chi connectivity index (χ1) is 8.41. The summed E-state index contributed by atoms with van der Waals surface area (Å²) < 4.78 is 72.3. The molecule has 1 rings (SSSR count). The quantitative estimate of drug-likeness (QED) is 0.400. The third kappa shape index (κ3) is 4.90. The van der Waals surface area contributed by atoms with Crippen LogP contribution in [0.15, 0.2) is 0 Å². The molecule has 0 radical (unpaired) electrons. The fourth-order valence-electron chi connectivity index (χ4n) is 1.53. The summed E-state index contributed by atoms with van der Waals surface area (Å²) in [7, 11) is -10.1. The Kier molecular flexibility index (Phi) is 4.87. The van der Waals surface area contributed by atoms with Crippen molar-refractivity contribution in [3.05, 3.63) is 0 Å². The molecule has 0 spiro atoms. The van der Waals surface area contributed by atoms with Gasteiger partial charge >= 0.3 is 20.8 Å². The predicted octanol–water partition coefficient (Wildman–Crippen LogP) is -2.54. The molecule has 1 aliphatic heterocycles. The highest BCUT2D eigenvalue weighted by molar-refractivity contribution is 7.81. The fraction of sp³-hybridized carbons (Fsp3) is 1.00. The Morgan fingerprint density at radius 1 is 0.947 bits per heavy atom. The smallest absolute Gasteiger partial charge is 0.385 e. The average molecular weight is 324 g/mol. The number of hydrogen-bond acceptors (Lipinski definition) is 9. The molecule has 1 unspecified atom stereocenters. The van der Waals surface area contributed by atoms with Crippen molar-refractivity contribution in [2.45, 2.75) is 37.6 Å². The zero-order valence-corrected chi connectivity index (χ0v) is 11.0. The van der Waals surface area contributed by atoms with Gasteiger partial charge in [-0.15, -0.1) is 0 Å². The van der Waals surface area contributed by atoms with Gasteiger partial charge < -0.3 is 14.9 Å². The molecule has 114 valence electrons. The van der Waals surface area contributed by atoms with Crippen molar-refractivity contribution in [3.8, 4) is 0 Å². The summed E-state index contributed by atoms with van der Waals surface area (Å²) in [6.45, 7) is 1.16. The molecule has 0 aliphatic carbocycles. The highest BCUT2D eigenvalue weighted by Gasteiger charge is 2.48. The summed E-state index contributed by atoms with van der Waals surface area (Å²) in [4.78, 5) is 0. The van der Waals surface area contributed by atoms with Gasteiger partial charge in [0.15, 0.2) is 6.29 Å². The first-order valence-electron chi connectivity index (χ1n) is 4.74. The van der Waals surface area contributed by atoms with Crippen LogP contribution in [0.3, 0.4) is 0 Å². The van der Waals surface area contributed by atoms with Crippen LogP contribution in [-0.4, -0.2) is 66.9 Å². The van der Waals surface area contributed by atoms with E-state index in [9.17, 15) is 27.0 Å². The maximum atomic E-state index is 10.6. The van der Waals surface area contributed by atoms with Crippen LogP contribution in [0.1, 0.15) is 6.92 Å². The minimum absolute atomic E-state index is 1.16. The molecule has 1 heterocycles. The molecule has 0 saturated carbocycles. The zero-order valence-electron chi connectivity index (χ0n) is 9.35. The number of hydrogen-bond donors (Lipinski definition) is 4. The third-order valence-corrected chi connectivity index (χ3v) is 3.17.